The van der Waals surface area contributed by atoms with Crippen LogP contribution in [0.25, 0.3) is 0 Å². The largest absolute Gasteiger partial charge is 0.381 e. The van der Waals surface area contributed by atoms with Gasteiger partial charge in [0.1, 0.15) is 5.82 Å². The zero-order chi connectivity index (χ0) is 15.4. The van der Waals surface area contributed by atoms with E-state index >= 15 is 0 Å². The van der Waals surface area contributed by atoms with Crippen LogP contribution in [0, 0.1) is 19.7 Å². The third-order valence-electron chi connectivity index (χ3n) is 3.51. The molecule has 2 aromatic rings. The average Bonchev–Trinajstić information content (AvgIpc) is 2.49. The Morgan fingerprint density at radius 3 is 2.62 bits per heavy atom. The molecule has 21 heavy (non-hydrogen) atoms. The normalized spacial score (nSPS) is 10.3. The number of benzene rings is 2. The van der Waals surface area contributed by atoms with E-state index in [0.29, 0.717) is 17.7 Å². The van der Waals surface area contributed by atoms with Crippen LogP contribution in [-0.2, 0) is 6.54 Å². The van der Waals surface area contributed by atoms with Gasteiger partial charge in [0, 0.05) is 24.8 Å². The molecule has 2 N–H and O–H groups in total. The zero-order valence-corrected chi connectivity index (χ0v) is 12.5. The highest BCUT2D eigenvalue weighted by atomic mass is 19.1. The Bertz CT molecular complexity index is 668. The van der Waals surface area contributed by atoms with Gasteiger partial charge in [-0.1, -0.05) is 18.2 Å². The van der Waals surface area contributed by atoms with Crippen LogP contribution < -0.4 is 10.6 Å². The number of nitrogens with one attached hydrogen (secondary N) is 2. The molecule has 1 amide bonds. The van der Waals surface area contributed by atoms with Gasteiger partial charge in [-0.05, 0) is 48.7 Å². The quantitative estimate of drug-likeness (QED) is 0.904. The molecular weight excluding hydrogens is 267 g/mol. The van der Waals surface area contributed by atoms with E-state index < -0.39 is 0 Å². The monoisotopic (exact) mass is 286 g/mol. The van der Waals surface area contributed by atoms with Gasteiger partial charge in [-0.3, -0.25) is 4.79 Å². The van der Waals surface area contributed by atoms with Crippen molar-refractivity contribution in [3.05, 3.63) is 64.5 Å². The van der Waals surface area contributed by atoms with Crippen LogP contribution in [0.15, 0.2) is 36.4 Å². The van der Waals surface area contributed by atoms with Crippen LogP contribution in [0.1, 0.15) is 27.0 Å². The summed E-state index contributed by atoms with van der Waals surface area (Å²) in [5, 5.41) is 5.92. The Kier molecular flexibility index (Phi) is 4.58. The van der Waals surface area contributed by atoms with Crippen molar-refractivity contribution in [2.45, 2.75) is 20.4 Å². The third-order valence-corrected chi connectivity index (χ3v) is 3.51. The van der Waals surface area contributed by atoms with Crippen LogP contribution in [-0.4, -0.2) is 13.0 Å². The molecule has 0 atom stereocenters. The highest BCUT2D eigenvalue weighted by Gasteiger charge is 2.09. The summed E-state index contributed by atoms with van der Waals surface area (Å²) >= 11 is 0. The van der Waals surface area contributed by atoms with Crippen molar-refractivity contribution in [1.29, 1.82) is 0 Å². The minimum atomic E-state index is -0.198. The fourth-order valence-electron chi connectivity index (χ4n) is 2.22. The maximum Gasteiger partial charge on any atom is 0.251 e. The Morgan fingerprint density at radius 1 is 1.19 bits per heavy atom. The van der Waals surface area contributed by atoms with Gasteiger partial charge in [-0.25, -0.2) is 4.39 Å². The fraction of sp³-hybridized carbons (Fsp3) is 0.235. The maximum absolute atomic E-state index is 13.2. The second-order valence-corrected chi connectivity index (χ2v) is 4.99. The van der Waals surface area contributed by atoms with Crippen LogP contribution in [0.4, 0.5) is 10.1 Å². The molecule has 0 saturated heterocycles. The maximum atomic E-state index is 13.2. The van der Waals surface area contributed by atoms with Crippen molar-refractivity contribution in [3.63, 3.8) is 0 Å². The van der Waals surface area contributed by atoms with Gasteiger partial charge in [0.15, 0.2) is 0 Å². The number of hydrogen-bond donors (Lipinski definition) is 2. The molecule has 3 nitrogen and oxygen atoms in total. The summed E-state index contributed by atoms with van der Waals surface area (Å²) in [7, 11) is 1.61. The van der Waals surface area contributed by atoms with E-state index in [4.69, 9.17) is 0 Å². The summed E-state index contributed by atoms with van der Waals surface area (Å²) in [6.07, 6.45) is 0. The molecule has 0 aliphatic carbocycles. The van der Waals surface area contributed by atoms with Crippen LogP contribution in [0.2, 0.25) is 0 Å². The van der Waals surface area contributed by atoms with Gasteiger partial charge in [-0.2, -0.15) is 0 Å². The minimum Gasteiger partial charge on any atom is -0.381 e. The van der Waals surface area contributed by atoms with Crippen LogP contribution in [0.3, 0.4) is 0 Å². The third kappa shape index (κ3) is 3.40. The zero-order valence-electron chi connectivity index (χ0n) is 12.5. The SMILES string of the molecule is CNC(=O)c1cccc(NCc2ccc(F)c(C)c2)c1C. The predicted octanol–water partition coefficient (Wildman–Crippen LogP) is 3.41. The number of rotatable bonds is 4. The smallest absolute Gasteiger partial charge is 0.251 e. The first-order chi connectivity index (χ1) is 10.0. The number of halogens is 1. The molecule has 0 bridgehead atoms. The predicted molar refractivity (Wildman–Crippen MR) is 83.0 cm³/mol. The molecule has 0 unspecified atom stereocenters. The Labute approximate surface area is 124 Å². The summed E-state index contributed by atoms with van der Waals surface area (Å²) in [4.78, 5) is 11.8. The second kappa shape index (κ2) is 6.39. The molecule has 0 spiro atoms. The van der Waals surface area contributed by atoms with E-state index in [-0.39, 0.29) is 11.7 Å². The number of anilines is 1. The Balaban J connectivity index is 2.16. The van der Waals surface area contributed by atoms with Crippen molar-refractivity contribution < 1.29 is 9.18 Å². The Morgan fingerprint density at radius 2 is 1.95 bits per heavy atom. The molecule has 2 rings (SSSR count). The fourth-order valence-corrected chi connectivity index (χ4v) is 2.22. The Hall–Kier alpha value is -2.36. The molecule has 0 saturated carbocycles. The summed E-state index contributed by atoms with van der Waals surface area (Å²) < 4.78 is 13.2. The van der Waals surface area contributed by atoms with Crippen molar-refractivity contribution in [3.8, 4) is 0 Å². The first-order valence-corrected chi connectivity index (χ1v) is 6.83. The molecule has 0 aliphatic rings. The summed E-state index contributed by atoms with van der Waals surface area (Å²) in [6.45, 7) is 4.23. The number of amides is 1. The van der Waals surface area contributed by atoms with E-state index in [0.717, 1.165) is 16.8 Å². The number of carbonyl (C=O) groups is 1. The average molecular weight is 286 g/mol. The van der Waals surface area contributed by atoms with Crippen molar-refractivity contribution in [2.24, 2.45) is 0 Å². The lowest BCUT2D eigenvalue weighted by Crippen LogP contribution is -2.19. The number of carbonyl (C=O) groups excluding carboxylic acids is 1. The molecule has 0 aliphatic heterocycles. The lowest BCUT2D eigenvalue weighted by Gasteiger charge is -2.13. The first-order valence-electron chi connectivity index (χ1n) is 6.83. The first kappa shape index (κ1) is 15.0. The van der Waals surface area contributed by atoms with E-state index in [9.17, 15) is 9.18 Å². The van der Waals surface area contributed by atoms with Gasteiger partial charge >= 0.3 is 0 Å². The van der Waals surface area contributed by atoms with Crippen LogP contribution in [0.5, 0.6) is 0 Å². The highest BCUT2D eigenvalue weighted by Crippen LogP contribution is 2.20. The number of hydrogen-bond acceptors (Lipinski definition) is 2. The van der Waals surface area contributed by atoms with Crippen LogP contribution >= 0.6 is 0 Å². The molecule has 0 aromatic heterocycles. The van der Waals surface area contributed by atoms with Crippen molar-refractivity contribution in [1.82, 2.24) is 5.32 Å². The molecule has 4 heteroatoms. The lowest BCUT2D eigenvalue weighted by molar-refractivity contribution is 0.0962. The number of aryl methyl sites for hydroxylation is 1. The molecule has 0 fully saturated rings. The molecule has 0 heterocycles. The van der Waals surface area contributed by atoms with Gasteiger partial charge in [-0.15, -0.1) is 0 Å². The summed E-state index contributed by atoms with van der Waals surface area (Å²) in [5.74, 6) is -0.301. The molecule has 110 valence electrons. The summed E-state index contributed by atoms with van der Waals surface area (Å²) in [6, 6.07) is 10.6. The van der Waals surface area contributed by atoms with Gasteiger partial charge in [0.05, 0.1) is 0 Å². The van der Waals surface area contributed by atoms with Crippen molar-refractivity contribution >= 4 is 11.6 Å². The second-order valence-electron chi connectivity index (χ2n) is 4.99. The molecular formula is C17H19FN2O. The topological polar surface area (TPSA) is 41.1 Å². The minimum absolute atomic E-state index is 0.103. The lowest BCUT2D eigenvalue weighted by atomic mass is 10.1. The molecule has 0 radical (unpaired) electrons. The van der Waals surface area contributed by atoms with E-state index in [2.05, 4.69) is 10.6 Å². The summed E-state index contributed by atoms with van der Waals surface area (Å²) in [5.41, 5.74) is 4.08. The van der Waals surface area contributed by atoms with Crippen molar-refractivity contribution in [2.75, 3.05) is 12.4 Å². The van der Waals surface area contributed by atoms with Gasteiger partial charge < -0.3 is 10.6 Å². The molecule has 2 aromatic carbocycles. The van der Waals surface area contributed by atoms with E-state index in [1.165, 1.54) is 6.07 Å². The van der Waals surface area contributed by atoms with E-state index in [1.807, 2.05) is 25.1 Å². The van der Waals surface area contributed by atoms with Gasteiger partial charge in [0.25, 0.3) is 5.91 Å². The highest BCUT2D eigenvalue weighted by molar-refractivity contribution is 5.96. The van der Waals surface area contributed by atoms with Gasteiger partial charge in [0.2, 0.25) is 0 Å². The standard InChI is InChI=1S/C17H19FN2O/c1-11-9-13(7-8-15(11)18)10-20-16-6-4-5-14(12(16)2)17(21)19-3/h4-9,20H,10H2,1-3H3,(H,19,21). The van der Waals surface area contributed by atoms with E-state index in [1.54, 1.807) is 26.1 Å².